The van der Waals surface area contributed by atoms with E-state index in [1.807, 2.05) is 50.9 Å². The van der Waals surface area contributed by atoms with Gasteiger partial charge in [-0.3, -0.25) is 9.69 Å². The molecule has 0 aliphatic carbocycles. The van der Waals surface area contributed by atoms with Crippen LogP contribution in [0, 0.1) is 12.3 Å². The van der Waals surface area contributed by atoms with E-state index in [4.69, 9.17) is 11.2 Å². The molecular weight excluding hydrogens is 342 g/mol. The molecule has 0 aromatic heterocycles. The number of anilines is 1. The fraction of sp³-hybridized carbons (Fsp3) is 0.524. The summed E-state index contributed by atoms with van der Waals surface area (Å²) in [6, 6.07) is 7.32. The predicted molar refractivity (Wildman–Crippen MR) is 106 cm³/mol. The van der Waals surface area contributed by atoms with Crippen molar-refractivity contribution in [2.24, 2.45) is 0 Å². The van der Waals surface area contributed by atoms with Gasteiger partial charge in [-0.25, -0.2) is 4.79 Å². The Labute approximate surface area is 161 Å². The zero-order valence-corrected chi connectivity index (χ0v) is 16.6. The Bertz CT molecular complexity index is 718. The van der Waals surface area contributed by atoms with Crippen molar-refractivity contribution >= 4 is 17.7 Å². The number of terminal acetylenes is 1. The number of likely N-dealkylation sites (N-methyl/N-ethyl adjacent to an activating group) is 1. The van der Waals surface area contributed by atoms with E-state index >= 15 is 0 Å². The van der Waals surface area contributed by atoms with Gasteiger partial charge in [-0.15, -0.1) is 6.42 Å². The monoisotopic (exact) mass is 371 g/mol. The molecule has 146 valence electrons. The van der Waals surface area contributed by atoms with Crippen LogP contribution in [0.15, 0.2) is 24.3 Å². The summed E-state index contributed by atoms with van der Waals surface area (Å²) in [6.45, 7) is 7.07. The maximum atomic E-state index is 12.4. The third-order valence-electron chi connectivity index (χ3n) is 4.38. The Morgan fingerprint density at radius 1 is 1.41 bits per heavy atom. The van der Waals surface area contributed by atoms with Crippen molar-refractivity contribution in [2.45, 2.75) is 45.3 Å². The molecule has 1 aliphatic rings. The number of piperidine rings is 1. The maximum Gasteiger partial charge on any atom is 0.410 e. The van der Waals surface area contributed by atoms with Crippen LogP contribution in [0.2, 0.25) is 0 Å². The van der Waals surface area contributed by atoms with Crippen molar-refractivity contribution in [2.75, 3.05) is 32.0 Å². The van der Waals surface area contributed by atoms with Crippen LogP contribution in [0.1, 0.15) is 39.2 Å². The number of likely N-dealkylation sites (tertiary alicyclic amines) is 1. The molecule has 1 fully saturated rings. The maximum absolute atomic E-state index is 12.4. The van der Waals surface area contributed by atoms with Crippen molar-refractivity contribution < 1.29 is 14.3 Å². The summed E-state index contributed by atoms with van der Waals surface area (Å²) in [6.07, 6.45) is 6.92. The van der Waals surface area contributed by atoms with Crippen LogP contribution in [0.5, 0.6) is 0 Å². The van der Waals surface area contributed by atoms with Crippen LogP contribution in [-0.4, -0.2) is 60.1 Å². The highest BCUT2D eigenvalue weighted by atomic mass is 16.6. The van der Waals surface area contributed by atoms with E-state index in [0.29, 0.717) is 18.8 Å². The van der Waals surface area contributed by atoms with Crippen molar-refractivity contribution in [1.82, 2.24) is 9.80 Å². The summed E-state index contributed by atoms with van der Waals surface area (Å²) in [5, 5.41) is 2.87. The number of carbonyl (C=O) groups is 2. The average molecular weight is 371 g/mol. The van der Waals surface area contributed by atoms with Crippen molar-refractivity contribution in [3.63, 3.8) is 0 Å². The smallest absolute Gasteiger partial charge is 0.410 e. The van der Waals surface area contributed by atoms with Gasteiger partial charge in [-0.1, -0.05) is 12.0 Å². The lowest BCUT2D eigenvalue weighted by molar-refractivity contribution is -0.117. The van der Waals surface area contributed by atoms with Crippen molar-refractivity contribution in [3.05, 3.63) is 29.8 Å². The second kappa shape index (κ2) is 8.92. The van der Waals surface area contributed by atoms with Gasteiger partial charge in [-0.2, -0.15) is 0 Å². The van der Waals surface area contributed by atoms with Crippen LogP contribution in [0.4, 0.5) is 10.5 Å². The number of nitrogens with zero attached hydrogens (tertiary/aromatic N) is 2. The molecule has 1 heterocycles. The molecule has 0 radical (unpaired) electrons. The fourth-order valence-corrected chi connectivity index (χ4v) is 3.05. The van der Waals surface area contributed by atoms with Gasteiger partial charge in [0.2, 0.25) is 5.91 Å². The topological polar surface area (TPSA) is 61.9 Å². The van der Waals surface area contributed by atoms with Gasteiger partial charge in [0.05, 0.1) is 6.54 Å². The third kappa shape index (κ3) is 6.61. The summed E-state index contributed by atoms with van der Waals surface area (Å²) in [5.74, 6) is 2.44. The standard InChI is InChI=1S/C21H29N3O3/c1-6-16-9-7-10-17(13-16)22-19(25)15-23(5)18-11-8-12-24(14-18)20(26)27-21(2,3)4/h1,7,9-10,13,18H,8,11-12,14-15H2,2-5H3,(H,22,25)/t18-/m0/s1. The quantitative estimate of drug-likeness (QED) is 0.827. The van der Waals surface area contributed by atoms with E-state index in [0.717, 1.165) is 18.4 Å². The molecule has 0 unspecified atom stereocenters. The number of hydrogen-bond acceptors (Lipinski definition) is 4. The molecule has 0 spiro atoms. The zero-order chi connectivity index (χ0) is 20.0. The molecule has 1 N–H and O–H groups in total. The Morgan fingerprint density at radius 3 is 2.81 bits per heavy atom. The molecule has 1 atom stereocenters. The van der Waals surface area contributed by atoms with Crippen LogP contribution in [0.3, 0.4) is 0 Å². The lowest BCUT2D eigenvalue weighted by atomic mass is 10.0. The minimum Gasteiger partial charge on any atom is -0.444 e. The molecule has 1 aliphatic heterocycles. The van der Waals surface area contributed by atoms with E-state index in [1.54, 1.807) is 11.0 Å². The first-order valence-corrected chi connectivity index (χ1v) is 9.22. The number of hydrogen-bond donors (Lipinski definition) is 1. The molecule has 0 saturated carbocycles. The highest BCUT2D eigenvalue weighted by Gasteiger charge is 2.29. The molecular formula is C21H29N3O3. The van der Waals surface area contributed by atoms with Crippen LogP contribution >= 0.6 is 0 Å². The number of amides is 2. The molecule has 1 aromatic rings. The number of rotatable bonds is 4. The molecule has 1 saturated heterocycles. The fourth-order valence-electron chi connectivity index (χ4n) is 3.05. The molecule has 1 aromatic carbocycles. The Morgan fingerprint density at radius 2 is 2.15 bits per heavy atom. The lowest BCUT2D eigenvalue weighted by Gasteiger charge is -2.37. The summed E-state index contributed by atoms with van der Waals surface area (Å²) in [5.41, 5.74) is 0.896. The summed E-state index contributed by atoms with van der Waals surface area (Å²) >= 11 is 0. The molecule has 27 heavy (non-hydrogen) atoms. The minimum absolute atomic E-state index is 0.110. The van der Waals surface area contributed by atoms with Crippen LogP contribution in [-0.2, 0) is 9.53 Å². The van der Waals surface area contributed by atoms with Gasteiger partial charge in [0, 0.05) is 30.4 Å². The number of benzene rings is 1. The number of nitrogens with one attached hydrogen (secondary N) is 1. The van der Waals surface area contributed by atoms with Gasteiger partial charge >= 0.3 is 6.09 Å². The normalized spacial score (nSPS) is 17.3. The molecule has 6 nitrogen and oxygen atoms in total. The zero-order valence-electron chi connectivity index (χ0n) is 16.6. The number of carbonyl (C=O) groups excluding carboxylic acids is 2. The molecule has 0 bridgehead atoms. The summed E-state index contributed by atoms with van der Waals surface area (Å²) in [7, 11) is 1.90. The minimum atomic E-state index is -0.511. The highest BCUT2D eigenvalue weighted by Crippen LogP contribution is 2.18. The third-order valence-corrected chi connectivity index (χ3v) is 4.38. The first kappa shape index (κ1) is 20.8. The Kier molecular flexibility index (Phi) is 6.86. The van der Waals surface area contributed by atoms with Gasteiger partial charge in [0.15, 0.2) is 0 Å². The lowest BCUT2D eigenvalue weighted by Crippen LogP contribution is -2.51. The van der Waals surface area contributed by atoms with Gasteiger partial charge < -0.3 is 15.0 Å². The van der Waals surface area contributed by atoms with Crippen LogP contribution in [0.25, 0.3) is 0 Å². The van der Waals surface area contributed by atoms with E-state index in [-0.39, 0.29) is 24.6 Å². The first-order valence-electron chi connectivity index (χ1n) is 9.22. The predicted octanol–water partition coefficient (Wildman–Crippen LogP) is 2.94. The summed E-state index contributed by atoms with van der Waals surface area (Å²) in [4.78, 5) is 28.4. The molecule has 2 amide bonds. The first-order chi connectivity index (χ1) is 12.7. The highest BCUT2D eigenvalue weighted by molar-refractivity contribution is 5.92. The van der Waals surface area contributed by atoms with Gasteiger partial charge in [0.25, 0.3) is 0 Å². The Hall–Kier alpha value is -2.52. The van der Waals surface area contributed by atoms with E-state index in [9.17, 15) is 9.59 Å². The number of ether oxygens (including phenoxy) is 1. The average Bonchev–Trinajstić information content (AvgIpc) is 2.60. The van der Waals surface area contributed by atoms with Crippen LogP contribution < -0.4 is 5.32 Å². The van der Waals surface area contributed by atoms with Gasteiger partial charge in [0.1, 0.15) is 5.60 Å². The molecule has 6 heteroatoms. The SMILES string of the molecule is C#Cc1cccc(NC(=O)CN(C)[C@H]2CCCN(C(=O)OC(C)(C)C)C2)c1. The largest absolute Gasteiger partial charge is 0.444 e. The van der Waals surface area contributed by atoms with E-state index < -0.39 is 5.60 Å². The summed E-state index contributed by atoms with van der Waals surface area (Å²) < 4.78 is 5.46. The second-order valence-corrected chi connectivity index (χ2v) is 7.91. The van der Waals surface area contributed by atoms with Crippen molar-refractivity contribution in [3.8, 4) is 12.3 Å². The van der Waals surface area contributed by atoms with Gasteiger partial charge in [-0.05, 0) is 58.9 Å². The molecule has 2 rings (SSSR count). The Balaban J connectivity index is 1.89. The van der Waals surface area contributed by atoms with E-state index in [1.165, 1.54) is 0 Å². The van der Waals surface area contributed by atoms with Crippen molar-refractivity contribution in [1.29, 1.82) is 0 Å². The second-order valence-electron chi connectivity index (χ2n) is 7.91. The van der Waals surface area contributed by atoms with E-state index in [2.05, 4.69) is 11.2 Å².